The highest BCUT2D eigenvalue weighted by atomic mass is 16.1. The van der Waals surface area contributed by atoms with Crippen molar-refractivity contribution in [2.45, 2.75) is 46.0 Å². The van der Waals surface area contributed by atoms with Crippen LogP contribution in [0.25, 0.3) is 0 Å². The van der Waals surface area contributed by atoms with E-state index >= 15 is 0 Å². The molecule has 4 rings (SSSR count). The fraction of sp³-hybridized carbons (Fsp3) is 0.579. The van der Waals surface area contributed by atoms with Gasteiger partial charge in [-0.2, -0.15) is 0 Å². The quantitative estimate of drug-likeness (QED) is 0.634. The number of carbonyl (C=O) groups is 2. The lowest BCUT2D eigenvalue weighted by molar-refractivity contribution is -0.127. The normalized spacial score (nSPS) is 44.7. The van der Waals surface area contributed by atoms with E-state index in [1.54, 1.807) is 6.08 Å². The van der Waals surface area contributed by atoms with Crippen molar-refractivity contribution in [2.75, 3.05) is 0 Å². The second-order valence-corrected chi connectivity index (χ2v) is 7.60. The minimum atomic E-state index is -0.125. The van der Waals surface area contributed by atoms with Crippen LogP contribution in [0.3, 0.4) is 0 Å². The van der Waals surface area contributed by atoms with Crippen molar-refractivity contribution in [3.8, 4) is 0 Å². The minimum absolute atomic E-state index is 0.0796. The number of carbonyl (C=O) groups excluding carboxylic acids is 2. The molecule has 2 unspecified atom stereocenters. The van der Waals surface area contributed by atoms with Crippen LogP contribution in [-0.4, -0.2) is 11.6 Å². The first-order chi connectivity index (χ1) is 9.95. The molecule has 0 bridgehead atoms. The Morgan fingerprint density at radius 3 is 2.76 bits per heavy atom. The molecule has 0 N–H and O–H groups in total. The van der Waals surface area contributed by atoms with Gasteiger partial charge in [0, 0.05) is 17.3 Å². The third-order valence-corrected chi connectivity index (χ3v) is 6.66. The van der Waals surface area contributed by atoms with Crippen LogP contribution in [-0.2, 0) is 9.59 Å². The highest BCUT2D eigenvalue weighted by Crippen LogP contribution is 2.61. The molecule has 4 aliphatic rings. The number of Topliss-reactive ketones (excluding diaryl/α,β-unsaturated/α-hetero) is 1. The van der Waals surface area contributed by atoms with E-state index in [-0.39, 0.29) is 16.6 Å². The summed E-state index contributed by atoms with van der Waals surface area (Å²) >= 11 is 0. The molecular formula is C19H22O2. The summed E-state index contributed by atoms with van der Waals surface area (Å²) in [6.07, 6.45) is 12.8. The van der Waals surface area contributed by atoms with Crippen LogP contribution in [0.4, 0.5) is 0 Å². The number of hydrogen-bond acceptors (Lipinski definition) is 2. The minimum Gasteiger partial charge on any atom is -0.299 e. The lowest BCUT2D eigenvalue weighted by Crippen LogP contribution is -2.43. The maximum atomic E-state index is 12.3. The van der Waals surface area contributed by atoms with Gasteiger partial charge < -0.3 is 0 Å². The van der Waals surface area contributed by atoms with E-state index in [0.717, 1.165) is 32.1 Å². The first kappa shape index (κ1) is 13.2. The second-order valence-electron chi connectivity index (χ2n) is 7.60. The first-order valence-electron chi connectivity index (χ1n) is 8.13. The van der Waals surface area contributed by atoms with Crippen molar-refractivity contribution in [3.63, 3.8) is 0 Å². The highest BCUT2D eigenvalue weighted by molar-refractivity contribution is 6.01. The predicted octanol–water partition coefficient (Wildman–Crippen LogP) is 3.78. The smallest absolute Gasteiger partial charge is 0.178 e. The molecule has 4 atom stereocenters. The molecule has 2 heteroatoms. The van der Waals surface area contributed by atoms with Gasteiger partial charge in [-0.15, -0.1) is 0 Å². The van der Waals surface area contributed by atoms with E-state index in [4.69, 9.17) is 0 Å². The summed E-state index contributed by atoms with van der Waals surface area (Å²) < 4.78 is 0. The lowest BCUT2D eigenvalue weighted by Gasteiger charge is -2.50. The van der Waals surface area contributed by atoms with Gasteiger partial charge >= 0.3 is 0 Å². The van der Waals surface area contributed by atoms with Gasteiger partial charge in [0.2, 0.25) is 0 Å². The van der Waals surface area contributed by atoms with E-state index in [1.807, 2.05) is 6.08 Å². The number of ketones is 2. The zero-order valence-corrected chi connectivity index (χ0v) is 12.8. The summed E-state index contributed by atoms with van der Waals surface area (Å²) in [7, 11) is 0. The van der Waals surface area contributed by atoms with Crippen LogP contribution in [0.5, 0.6) is 0 Å². The Balaban J connectivity index is 1.80. The SMILES string of the molecule is C[C@]12C=CC(=O)C=C1CCC1C2=CC[C@]2(C)C(=O)CCC12. The molecule has 0 spiro atoms. The van der Waals surface area contributed by atoms with Crippen molar-refractivity contribution in [2.24, 2.45) is 22.7 Å². The molecule has 2 saturated carbocycles. The summed E-state index contributed by atoms with van der Waals surface area (Å²) in [4.78, 5) is 24.0. The maximum absolute atomic E-state index is 12.3. The molecule has 4 aliphatic carbocycles. The Bertz CT molecular complexity index is 636. The van der Waals surface area contributed by atoms with Crippen molar-refractivity contribution in [1.29, 1.82) is 0 Å². The fourth-order valence-corrected chi connectivity index (χ4v) is 5.30. The van der Waals surface area contributed by atoms with Crippen molar-refractivity contribution in [3.05, 3.63) is 35.5 Å². The van der Waals surface area contributed by atoms with Gasteiger partial charge in [0.15, 0.2) is 5.78 Å². The largest absolute Gasteiger partial charge is 0.299 e. The Morgan fingerprint density at radius 2 is 1.95 bits per heavy atom. The number of hydrogen-bond donors (Lipinski definition) is 0. The Hall–Kier alpha value is -1.44. The van der Waals surface area contributed by atoms with Gasteiger partial charge in [-0.1, -0.05) is 30.2 Å². The summed E-state index contributed by atoms with van der Waals surface area (Å²) in [5.74, 6) is 1.62. The predicted molar refractivity (Wildman–Crippen MR) is 81.6 cm³/mol. The van der Waals surface area contributed by atoms with Gasteiger partial charge in [0.05, 0.1) is 0 Å². The van der Waals surface area contributed by atoms with Gasteiger partial charge in [0.25, 0.3) is 0 Å². The van der Waals surface area contributed by atoms with E-state index in [2.05, 4.69) is 26.0 Å². The summed E-state index contributed by atoms with van der Waals surface area (Å²) in [6.45, 7) is 4.42. The molecule has 2 fully saturated rings. The van der Waals surface area contributed by atoms with E-state index in [0.29, 0.717) is 17.6 Å². The first-order valence-corrected chi connectivity index (χ1v) is 8.13. The van der Waals surface area contributed by atoms with Crippen LogP contribution in [0.1, 0.15) is 46.0 Å². The molecule has 2 nitrogen and oxygen atoms in total. The van der Waals surface area contributed by atoms with Crippen molar-refractivity contribution >= 4 is 11.6 Å². The second kappa shape index (κ2) is 4.06. The molecule has 110 valence electrons. The topological polar surface area (TPSA) is 34.1 Å². The lowest BCUT2D eigenvalue weighted by atomic mass is 9.53. The summed E-state index contributed by atoms with van der Waals surface area (Å²) in [5, 5.41) is 0. The summed E-state index contributed by atoms with van der Waals surface area (Å²) in [5.41, 5.74) is 2.54. The number of allylic oxidation sites excluding steroid dienone is 6. The Morgan fingerprint density at radius 1 is 1.14 bits per heavy atom. The van der Waals surface area contributed by atoms with Crippen LogP contribution < -0.4 is 0 Å². The Kier molecular flexibility index (Phi) is 2.56. The molecule has 0 amide bonds. The van der Waals surface area contributed by atoms with Crippen molar-refractivity contribution in [1.82, 2.24) is 0 Å². The van der Waals surface area contributed by atoms with E-state index < -0.39 is 0 Å². The summed E-state index contributed by atoms with van der Waals surface area (Å²) in [6, 6.07) is 0. The zero-order valence-electron chi connectivity index (χ0n) is 12.8. The van der Waals surface area contributed by atoms with Gasteiger partial charge in [-0.3, -0.25) is 9.59 Å². The van der Waals surface area contributed by atoms with Crippen LogP contribution >= 0.6 is 0 Å². The van der Waals surface area contributed by atoms with E-state index in [9.17, 15) is 9.59 Å². The molecule has 0 aromatic rings. The molecule has 0 radical (unpaired) electrons. The maximum Gasteiger partial charge on any atom is 0.178 e. The molecule has 0 saturated heterocycles. The number of rotatable bonds is 0. The number of fused-ring (bicyclic) bond motifs is 5. The Labute approximate surface area is 126 Å². The molecular weight excluding hydrogens is 260 g/mol. The van der Waals surface area contributed by atoms with Gasteiger partial charge in [-0.05, 0) is 56.6 Å². The van der Waals surface area contributed by atoms with Crippen molar-refractivity contribution < 1.29 is 9.59 Å². The van der Waals surface area contributed by atoms with Crippen LogP contribution in [0, 0.1) is 22.7 Å². The van der Waals surface area contributed by atoms with E-state index in [1.165, 1.54) is 11.1 Å². The zero-order chi connectivity index (χ0) is 14.8. The molecule has 0 aromatic heterocycles. The molecule has 0 heterocycles. The van der Waals surface area contributed by atoms with Crippen LogP contribution in [0.2, 0.25) is 0 Å². The van der Waals surface area contributed by atoms with Crippen LogP contribution in [0.15, 0.2) is 35.5 Å². The molecule has 21 heavy (non-hydrogen) atoms. The highest BCUT2D eigenvalue weighted by Gasteiger charge is 2.55. The van der Waals surface area contributed by atoms with Gasteiger partial charge in [0.1, 0.15) is 5.78 Å². The monoisotopic (exact) mass is 282 g/mol. The molecule has 0 aliphatic heterocycles. The third kappa shape index (κ3) is 1.59. The average Bonchev–Trinajstić information content (AvgIpc) is 2.76. The van der Waals surface area contributed by atoms with Gasteiger partial charge in [-0.25, -0.2) is 0 Å². The third-order valence-electron chi connectivity index (χ3n) is 6.66. The average molecular weight is 282 g/mol. The molecule has 0 aromatic carbocycles. The fourth-order valence-electron chi connectivity index (χ4n) is 5.30. The standard InChI is InChI=1S/C19H22O2/c1-18-9-7-13(20)11-12(18)3-4-14-15-5-6-17(21)19(15,2)10-8-16(14)18/h7-9,11,14-15H,3-6,10H2,1-2H3/t14?,15?,18-,19-/m0/s1.